The quantitative estimate of drug-likeness (QED) is 0.792. The molecular weight excluding hydrogens is 346 g/mol. The van der Waals surface area contributed by atoms with E-state index in [4.69, 9.17) is 14.2 Å². The summed E-state index contributed by atoms with van der Waals surface area (Å²) in [5, 5.41) is 9.31. The highest BCUT2D eigenvalue weighted by molar-refractivity contribution is 5.92. The number of aliphatic hydroxyl groups excluding tert-OH is 1. The van der Waals surface area contributed by atoms with Crippen molar-refractivity contribution in [3.05, 3.63) is 47.7 Å². The molecule has 6 nitrogen and oxygen atoms in total. The molecule has 6 heteroatoms. The molecule has 0 aliphatic carbocycles. The number of allylic oxidation sites excluding steroid dienone is 1. The Labute approximate surface area is 160 Å². The van der Waals surface area contributed by atoms with Crippen LogP contribution in [0.1, 0.15) is 31.2 Å². The minimum absolute atomic E-state index is 0.00282. The Kier molecular flexibility index (Phi) is 7.26. The Morgan fingerprint density at radius 3 is 2.67 bits per heavy atom. The van der Waals surface area contributed by atoms with E-state index < -0.39 is 6.29 Å². The molecule has 1 aromatic carbocycles. The molecule has 1 aromatic rings. The Hall–Kier alpha value is -1.89. The molecule has 2 heterocycles. The zero-order valence-corrected chi connectivity index (χ0v) is 15.9. The standard InChI is InChI=1S/C21H29NO5/c1-2-26-21-17(9-6-12-23)18(16-7-4-3-5-8-16)15-19(27-21)20(24)22-10-13-25-14-11-22/h3-5,7-8,15,17-18,21,23H,2,6,9-14H2,1H3/t17-,18+,21+/m1/s1. The van der Waals surface area contributed by atoms with Crippen molar-refractivity contribution >= 4 is 5.91 Å². The summed E-state index contributed by atoms with van der Waals surface area (Å²) >= 11 is 0. The van der Waals surface area contributed by atoms with E-state index in [-0.39, 0.29) is 24.3 Å². The minimum atomic E-state index is -0.503. The first-order valence-electron chi connectivity index (χ1n) is 9.77. The van der Waals surface area contributed by atoms with Gasteiger partial charge in [0.15, 0.2) is 5.76 Å². The minimum Gasteiger partial charge on any atom is -0.459 e. The topological polar surface area (TPSA) is 68.2 Å². The van der Waals surface area contributed by atoms with Crippen molar-refractivity contribution in [3.63, 3.8) is 0 Å². The van der Waals surface area contributed by atoms with Crippen molar-refractivity contribution in [1.82, 2.24) is 4.90 Å². The largest absolute Gasteiger partial charge is 0.459 e. The number of benzene rings is 1. The second-order valence-electron chi connectivity index (χ2n) is 6.84. The summed E-state index contributed by atoms with van der Waals surface area (Å²) in [5.74, 6) is 0.290. The smallest absolute Gasteiger partial charge is 0.288 e. The maximum Gasteiger partial charge on any atom is 0.288 e. The Bertz CT molecular complexity index is 627. The molecule has 1 fully saturated rings. The van der Waals surface area contributed by atoms with Gasteiger partial charge in [-0.2, -0.15) is 0 Å². The molecule has 148 valence electrons. The predicted molar refractivity (Wildman–Crippen MR) is 101 cm³/mol. The SMILES string of the molecule is CCO[C@H]1OC(C(=O)N2CCOCC2)=C[C@@H](c2ccccc2)[C@H]1CCCO. The molecule has 2 aliphatic heterocycles. The molecule has 0 aromatic heterocycles. The van der Waals surface area contributed by atoms with Crippen LogP contribution in [0.2, 0.25) is 0 Å². The lowest BCUT2D eigenvalue weighted by Crippen LogP contribution is -2.44. The van der Waals surface area contributed by atoms with Gasteiger partial charge in [-0.1, -0.05) is 30.3 Å². The second-order valence-corrected chi connectivity index (χ2v) is 6.84. The number of aliphatic hydroxyl groups is 1. The van der Waals surface area contributed by atoms with Crippen molar-refractivity contribution < 1.29 is 24.1 Å². The number of carbonyl (C=O) groups excluding carboxylic acids is 1. The lowest BCUT2D eigenvalue weighted by atomic mass is 9.80. The first-order chi connectivity index (χ1) is 13.2. The number of ether oxygens (including phenoxy) is 3. The zero-order chi connectivity index (χ0) is 19.1. The molecule has 2 aliphatic rings. The molecule has 0 unspecified atom stereocenters. The lowest BCUT2D eigenvalue weighted by molar-refractivity contribution is -0.171. The van der Waals surface area contributed by atoms with Crippen molar-refractivity contribution in [2.24, 2.45) is 5.92 Å². The second kappa shape index (κ2) is 9.88. The van der Waals surface area contributed by atoms with Crippen LogP contribution < -0.4 is 0 Å². The fraction of sp³-hybridized carbons (Fsp3) is 0.571. The average molecular weight is 375 g/mol. The summed E-state index contributed by atoms with van der Waals surface area (Å²) in [7, 11) is 0. The van der Waals surface area contributed by atoms with Crippen LogP contribution in [0.25, 0.3) is 0 Å². The van der Waals surface area contributed by atoms with E-state index in [2.05, 4.69) is 12.1 Å². The molecule has 1 saturated heterocycles. The third kappa shape index (κ3) is 4.89. The van der Waals surface area contributed by atoms with Crippen molar-refractivity contribution in [2.75, 3.05) is 39.5 Å². The molecule has 3 rings (SSSR count). The summed E-state index contributed by atoms with van der Waals surface area (Å²) in [5.41, 5.74) is 1.13. The van der Waals surface area contributed by atoms with Gasteiger partial charge in [-0.05, 0) is 31.4 Å². The summed E-state index contributed by atoms with van der Waals surface area (Å²) in [4.78, 5) is 14.8. The molecule has 0 radical (unpaired) electrons. The number of hydrogen-bond donors (Lipinski definition) is 1. The molecule has 0 saturated carbocycles. The number of rotatable bonds is 7. The van der Waals surface area contributed by atoms with Gasteiger partial charge in [-0.3, -0.25) is 4.79 Å². The first kappa shape index (κ1) is 19.9. The molecule has 27 heavy (non-hydrogen) atoms. The summed E-state index contributed by atoms with van der Waals surface area (Å²) < 4.78 is 17.2. The van der Waals surface area contributed by atoms with E-state index >= 15 is 0 Å². The van der Waals surface area contributed by atoms with E-state index in [1.54, 1.807) is 4.90 Å². The fourth-order valence-electron chi connectivity index (χ4n) is 3.73. The van der Waals surface area contributed by atoms with E-state index in [1.807, 2.05) is 31.2 Å². The Morgan fingerprint density at radius 1 is 1.26 bits per heavy atom. The fourth-order valence-corrected chi connectivity index (χ4v) is 3.73. The van der Waals surface area contributed by atoms with Gasteiger partial charge >= 0.3 is 0 Å². The van der Waals surface area contributed by atoms with E-state index in [0.29, 0.717) is 45.1 Å². The van der Waals surface area contributed by atoms with E-state index in [1.165, 1.54) is 0 Å². The summed E-state index contributed by atoms with van der Waals surface area (Å²) in [6, 6.07) is 10.1. The maximum atomic E-state index is 13.0. The van der Waals surface area contributed by atoms with Gasteiger partial charge < -0.3 is 24.2 Å². The molecular formula is C21H29NO5. The molecule has 1 amide bonds. The van der Waals surface area contributed by atoms with Gasteiger partial charge in [0.1, 0.15) is 0 Å². The Morgan fingerprint density at radius 2 is 2.00 bits per heavy atom. The van der Waals surface area contributed by atoms with Crippen LogP contribution in [0.4, 0.5) is 0 Å². The highest BCUT2D eigenvalue weighted by Crippen LogP contribution is 2.39. The number of nitrogens with zero attached hydrogens (tertiary/aromatic N) is 1. The van der Waals surface area contributed by atoms with Crippen LogP contribution in [-0.2, 0) is 19.0 Å². The van der Waals surface area contributed by atoms with E-state index in [0.717, 1.165) is 12.0 Å². The van der Waals surface area contributed by atoms with Gasteiger partial charge in [0.25, 0.3) is 5.91 Å². The van der Waals surface area contributed by atoms with Crippen LogP contribution >= 0.6 is 0 Å². The van der Waals surface area contributed by atoms with Crippen molar-refractivity contribution in [2.45, 2.75) is 32.0 Å². The molecule has 0 spiro atoms. The van der Waals surface area contributed by atoms with Crippen molar-refractivity contribution in [3.8, 4) is 0 Å². The van der Waals surface area contributed by atoms with E-state index in [9.17, 15) is 9.90 Å². The predicted octanol–water partition coefficient (Wildman–Crippen LogP) is 2.29. The number of carbonyl (C=O) groups is 1. The number of hydrogen-bond acceptors (Lipinski definition) is 5. The van der Waals surface area contributed by atoms with Crippen LogP contribution in [0.3, 0.4) is 0 Å². The zero-order valence-electron chi connectivity index (χ0n) is 15.9. The molecule has 0 bridgehead atoms. The summed E-state index contributed by atoms with van der Waals surface area (Å²) in [6.07, 6.45) is 2.86. The highest BCUT2D eigenvalue weighted by atomic mass is 16.7. The average Bonchev–Trinajstić information content (AvgIpc) is 2.73. The van der Waals surface area contributed by atoms with Crippen LogP contribution in [-0.4, -0.2) is 61.7 Å². The van der Waals surface area contributed by atoms with Gasteiger partial charge in [0, 0.05) is 38.1 Å². The van der Waals surface area contributed by atoms with Crippen molar-refractivity contribution in [1.29, 1.82) is 0 Å². The normalized spacial score (nSPS) is 25.6. The molecule has 3 atom stereocenters. The van der Waals surface area contributed by atoms with Gasteiger partial charge in [0.2, 0.25) is 6.29 Å². The lowest BCUT2D eigenvalue weighted by Gasteiger charge is -2.38. The third-order valence-electron chi connectivity index (χ3n) is 5.10. The van der Waals surface area contributed by atoms with Crippen LogP contribution in [0, 0.1) is 5.92 Å². The van der Waals surface area contributed by atoms with Gasteiger partial charge in [0.05, 0.1) is 13.2 Å². The molecule has 1 N–H and O–H groups in total. The first-order valence-corrected chi connectivity index (χ1v) is 9.77. The highest BCUT2D eigenvalue weighted by Gasteiger charge is 2.38. The van der Waals surface area contributed by atoms with Gasteiger partial charge in [-0.15, -0.1) is 0 Å². The monoisotopic (exact) mass is 375 g/mol. The summed E-state index contributed by atoms with van der Waals surface area (Å²) in [6.45, 7) is 4.79. The Balaban J connectivity index is 1.90. The maximum absolute atomic E-state index is 13.0. The third-order valence-corrected chi connectivity index (χ3v) is 5.10. The number of morpholine rings is 1. The van der Waals surface area contributed by atoms with Crippen LogP contribution in [0.5, 0.6) is 0 Å². The van der Waals surface area contributed by atoms with Gasteiger partial charge in [-0.25, -0.2) is 0 Å². The van der Waals surface area contributed by atoms with Crippen LogP contribution in [0.15, 0.2) is 42.2 Å². The number of amides is 1.